The highest BCUT2D eigenvalue weighted by Gasteiger charge is 2.11. The number of pyridine rings is 1. The van der Waals surface area contributed by atoms with E-state index < -0.39 is 4.92 Å². The Morgan fingerprint density at radius 3 is 2.62 bits per heavy atom. The lowest BCUT2D eigenvalue weighted by molar-refractivity contribution is -0.383. The molecule has 4 aromatic rings. The van der Waals surface area contributed by atoms with E-state index in [-0.39, 0.29) is 5.69 Å². The van der Waals surface area contributed by atoms with Crippen molar-refractivity contribution in [3.05, 3.63) is 94.4 Å². The van der Waals surface area contributed by atoms with Gasteiger partial charge < -0.3 is 0 Å². The molecule has 0 amide bonds. The van der Waals surface area contributed by atoms with Crippen LogP contribution in [-0.2, 0) is 0 Å². The molecule has 0 fully saturated rings. The van der Waals surface area contributed by atoms with E-state index in [1.807, 2.05) is 48.7 Å². The zero-order valence-corrected chi connectivity index (χ0v) is 13.7. The van der Waals surface area contributed by atoms with Crippen molar-refractivity contribution in [2.45, 2.75) is 0 Å². The molecule has 0 bridgehead atoms. The number of para-hydroxylation sites is 1. The van der Waals surface area contributed by atoms with Crippen molar-refractivity contribution in [2.75, 3.05) is 0 Å². The molecule has 0 radical (unpaired) electrons. The molecule has 0 saturated carbocycles. The van der Waals surface area contributed by atoms with E-state index in [0.717, 1.165) is 16.9 Å². The summed E-state index contributed by atoms with van der Waals surface area (Å²) in [7, 11) is 0. The number of benzene rings is 2. The predicted molar refractivity (Wildman–Crippen MR) is 101 cm³/mol. The first-order chi connectivity index (χ1) is 12.7. The van der Waals surface area contributed by atoms with Crippen molar-refractivity contribution >= 4 is 28.7 Å². The third kappa shape index (κ3) is 3.08. The summed E-state index contributed by atoms with van der Waals surface area (Å²) in [4.78, 5) is 15.2. The van der Waals surface area contributed by atoms with Crippen molar-refractivity contribution < 1.29 is 4.92 Å². The molecule has 2 aromatic heterocycles. The van der Waals surface area contributed by atoms with Crippen molar-refractivity contribution in [2.24, 2.45) is 0 Å². The van der Waals surface area contributed by atoms with Crippen LogP contribution in [0.3, 0.4) is 0 Å². The largest absolute Gasteiger partial charge is 0.278 e. The summed E-state index contributed by atoms with van der Waals surface area (Å²) in [5, 5.41) is 16.0. The van der Waals surface area contributed by atoms with Gasteiger partial charge in [-0.2, -0.15) is 5.10 Å². The lowest BCUT2D eigenvalue weighted by atomic mass is 10.1. The van der Waals surface area contributed by atoms with Crippen molar-refractivity contribution in [3.63, 3.8) is 0 Å². The Labute approximate surface area is 149 Å². The molecule has 4 rings (SSSR count). The zero-order chi connectivity index (χ0) is 17.9. The minimum Gasteiger partial charge on any atom is -0.258 e. The summed E-state index contributed by atoms with van der Waals surface area (Å²) in [6.07, 6.45) is 7.48. The van der Waals surface area contributed by atoms with Gasteiger partial charge in [0, 0.05) is 17.8 Å². The molecule has 0 unspecified atom stereocenters. The fourth-order valence-electron chi connectivity index (χ4n) is 2.73. The van der Waals surface area contributed by atoms with E-state index in [4.69, 9.17) is 0 Å². The second-order valence-electron chi connectivity index (χ2n) is 5.72. The number of rotatable bonds is 4. The molecule has 0 spiro atoms. The van der Waals surface area contributed by atoms with Crippen LogP contribution in [0.2, 0.25) is 0 Å². The maximum absolute atomic E-state index is 11.1. The molecule has 2 heterocycles. The van der Waals surface area contributed by atoms with Crippen LogP contribution in [0.15, 0.2) is 73.1 Å². The first-order valence-electron chi connectivity index (χ1n) is 8.03. The van der Waals surface area contributed by atoms with Gasteiger partial charge in [-0.15, -0.1) is 0 Å². The van der Waals surface area contributed by atoms with E-state index in [9.17, 15) is 10.1 Å². The molecule has 0 aliphatic heterocycles. The first-order valence-corrected chi connectivity index (χ1v) is 8.03. The van der Waals surface area contributed by atoms with Crippen LogP contribution in [-0.4, -0.2) is 19.7 Å². The van der Waals surface area contributed by atoms with Gasteiger partial charge in [-0.05, 0) is 42.5 Å². The maximum atomic E-state index is 11.1. The Hall–Kier alpha value is -3.80. The number of nitro groups is 1. The minimum absolute atomic E-state index is 0.0645. The molecular formula is C20H14N4O2. The molecule has 0 aliphatic rings. The molecule has 6 heteroatoms. The molecule has 0 saturated heterocycles. The van der Waals surface area contributed by atoms with Gasteiger partial charge in [-0.3, -0.25) is 10.1 Å². The third-order valence-corrected chi connectivity index (χ3v) is 4.00. The van der Waals surface area contributed by atoms with Crippen molar-refractivity contribution in [3.8, 4) is 5.69 Å². The highest BCUT2D eigenvalue weighted by atomic mass is 16.6. The van der Waals surface area contributed by atoms with E-state index in [0.29, 0.717) is 10.9 Å². The van der Waals surface area contributed by atoms with Crippen molar-refractivity contribution in [1.82, 2.24) is 14.8 Å². The van der Waals surface area contributed by atoms with Gasteiger partial charge in [-0.1, -0.05) is 24.3 Å². The SMILES string of the molecule is O=[N+]([O-])c1cccc2nc(/C=C/c3cnn(-c4ccccc4)c3)ccc12. The van der Waals surface area contributed by atoms with Crippen LogP contribution >= 0.6 is 0 Å². The summed E-state index contributed by atoms with van der Waals surface area (Å²) >= 11 is 0. The molecular weight excluding hydrogens is 328 g/mol. The highest BCUT2D eigenvalue weighted by Crippen LogP contribution is 2.24. The fourth-order valence-corrected chi connectivity index (χ4v) is 2.73. The fraction of sp³-hybridized carbons (Fsp3) is 0. The lowest BCUT2D eigenvalue weighted by Crippen LogP contribution is -1.92. The topological polar surface area (TPSA) is 73.8 Å². The smallest absolute Gasteiger partial charge is 0.258 e. The van der Waals surface area contributed by atoms with E-state index in [1.165, 1.54) is 6.07 Å². The minimum atomic E-state index is -0.391. The molecule has 6 nitrogen and oxygen atoms in total. The Balaban J connectivity index is 1.61. The second-order valence-corrected chi connectivity index (χ2v) is 5.72. The Bertz CT molecular complexity index is 1120. The second kappa shape index (κ2) is 6.60. The monoisotopic (exact) mass is 342 g/mol. The number of nitro benzene ring substituents is 1. The van der Waals surface area contributed by atoms with E-state index in [1.54, 1.807) is 35.1 Å². The van der Waals surface area contributed by atoms with Gasteiger partial charge >= 0.3 is 0 Å². The Morgan fingerprint density at radius 1 is 0.962 bits per heavy atom. The summed E-state index contributed by atoms with van der Waals surface area (Å²) in [5.41, 5.74) is 3.32. The predicted octanol–water partition coefficient (Wildman–Crippen LogP) is 4.50. The van der Waals surface area contributed by atoms with Gasteiger partial charge in [0.15, 0.2) is 0 Å². The average molecular weight is 342 g/mol. The van der Waals surface area contributed by atoms with Crippen LogP contribution in [0.5, 0.6) is 0 Å². The molecule has 126 valence electrons. The Morgan fingerprint density at radius 2 is 1.81 bits per heavy atom. The number of hydrogen-bond acceptors (Lipinski definition) is 4. The summed E-state index contributed by atoms with van der Waals surface area (Å²) < 4.78 is 1.80. The number of aromatic nitrogens is 3. The number of fused-ring (bicyclic) bond motifs is 1. The number of non-ortho nitro benzene ring substituents is 1. The summed E-state index contributed by atoms with van der Waals surface area (Å²) in [5.74, 6) is 0. The molecule has 0 N–H and O–H groups in total. The van der Waals surface area contributed by atoms with Crippen molar-refractivity contribution in [1.29, 1.82) is 0 Å². The highest BCUT2D eigenvalue weighted by molar-refractivity contribution is 5.88. The quantitative estimate of drug-likeness (QED) is 0.404. The third-order valence-electron chi connectivity index (χ3n) is 4.00. The van der Waals surface area contributed by atoms with E-state index in [2.05, 4.69) is 10.1 Å². The summed E-state index contributed by atoms with van der Waals surface area (Å²) in [6.45, 7) is 0. The van der Waals surface area contributed by atoms with Gasteiger partial charge in [0.1, 0.15) is 0 Å². The molecule has 0 aliphatic carbocycles. The first kappa shape index (κ1) is 15.7. The standard InChI is InChI=1S/C20H14N4O2/c25-24(26)20-8-4-7-19-18(20)12-11-16(22-19)10-9-15-13-21-23(14-15)17-5-2-1-3-6-17/h1-14H/b10-9+. The van der Waals surface area contributed by atoms with Crippen LogP contribution in [0.4, 0.5) is 5.69 Å². The number of hydrogen-bond donors (Lipinski definition) is 0. The lowest BCUT2D eigenvalue weighted by Gasteiger charge is -2.00. The van der Waals surface area contributed by atoms with Gasteiger partial charge in [0.25, 0.3) is 5.69 Å². The van der Waals surface area contributed by atoms with Gasteiger partial charge in [0.05, 0.1) is 33.4 Å². The normalized spacial score (nSPS) is 11.2. The zero-order valence-electron chi connectivity index (χ0n) is 13.7. The van der Waals surface area contributed by atoms with Crippen LogP contribution < -0.4 is 0 Å². The molecule has 0 atom stereocenters. The Kier molecular flexibility index (Phi) is 3.99. The van der Waals surface area contributed by atoms with E-state index >= 15 is 0 Å². The number of nitrogens with zero attached hydrogens (tertiary/aromatic N) is 4. The van der Waals surface area contributed by atoms with Crippen LogP contribution in [0.1, 0.15) is 11.3 Å². The maximum Gasteiger partial charge on any atom is 0.278 e. The molecule has 2 aromatic carbocycles. The average Bonchev–Trinajstić information content (AvgIpc) is 3.15. The summed E-state index contributed by atoms with van der Waals surface area (Å²) in [6, 6.07) is 18.3. The van der Waals surface area contributed by atoms with Gasteiger partial charge in [-0.25, -0.2) is 9.67 Å². The van der Waals surface area contributed by atoms with Gasteiger partial charge in [0.2, 0.25) is 0 Å². The van der Waals surface area contributed by atoms with Crippen LogP contribution in [0, 0.1) is 10.1 Å². The molecule has 26 heavy (non-hydrogen) atoms. The van der Waals surface area contributed by atoms with Crippen LogP contribution in [0.25, 0.3) is 28.7 Å².